The molecule has 2 aromatic carbocycles. The predicted molar refractivity (Wildman–Crippen MR) is 153 cm³/mol. The summed E-state index contributed by atoms with van der Waals surface area (Å²) < 4.78 is 12.5. The van der Waals surface area contributed by atoms with E-state index in [9.17, 15) is 4.79 Å². The van der Waals surface area contributed by atoms with Gasteiger partial charge in [0.2, 0.25) is 0 Å². The Labute approximate surface area is 227 Å². The first-order valence-corrected chi connectivity index (χ1v) is 13.0. The van der Waals surface area contributed by atoms with Crippen LogP contribution in [-0.4, -0.2) is 67.2 Å². The van der Waals surface area contributed by atoms with Gasteiger partial charge < -0.3 is 25.0 Å². The van der Waals surface area contributed by atoms with Gasteiger partial charge >= 0.3 is 6.03 Å². The van der Waals surface area contributed by atoms with Crippen molar-refractivity contribution < 1.29 is 14.3 Å². The molecule has 11 heteroatoms. The Morgan fingerprint density at radius 1 is 1.16 bits per heavy atom. The minimum absolute atomic E-state index is 0.139. The number of benzene rings is 2. The lowest BCUT2D eigenvalue weighted by Crippen LogP contribution is -2.44. The molecule has 4 aromatic rings. The van der Waals surface area contributed by atoms with Crippen molar-refractivity contribution in [1.29, 1.82) is 0 Å². The Hall–Kier alpha value is -3.92. The Kier molecular flexibility index (Phi) is 7.60. The van der Waals surface area contributed by atoms with Crippen molar-refractivity contribution >= 4 is 48.1 Å². The number of piperidine rings is 1. The summed E-state index contributed by atoms with van der Waals surface area (Å²) in [4.78, 5) is 19.8. The molecule has 1 fully saturated rings. The quantitative estimate of drug-likeness (QED) is 0.353. The summed E-state index contributed by atoms with van der Waals surface area (Å²) in [5.74, 6) is 2.35. The van der Waals surface area contributed by atoms with Gasteiger partial charge in [0.05, 0.1) is 19.9 Å². The number of urea groups is 1. The number of hydrogen-bond acceptors (Lipinski definition) is 6. The Morgan fingerprint density at radius 3 is 2.66 bits per heavy atom. The lowest BCUT2D eigenvalue weighted by atomic mass is 9.98. The summed E-state index contributed by atoms with van der Waals surface area (Å²) >= 11 is 6.47. The number of nitrogens with one attached hydrogen (secondary N) is 2. The van der Waals surface area contributed by atoms with E-state index in [0.29, 0.717) is 41.8 Å². The topological polar surface area (TPSA) is 93.0 Å². The summed E-state index contributed by atoms with van der Waals surface area (Å²) in [5, 5.41) is 11.7. The average molecular weight is 533 g/mol. The highest BCUT2D eigenvalue weighted by molar-refractivity contribution is 6.36. The van der Waals surface area contributed by atoms with Crippen LogP contribution < -0.4 is 25.6 Å². The molecule has 38 heavy (non-hydrogen) atoms. The van der Waals surface area contributed by atoms with Crippen LogP contribution in [0.15, 0.2) is 54.7 Å². The van der Waals surface area contributed by atoms with E-state index >= 15 is 0 Å². The zero-order valence-corrected chi connectivity index (χ0v) is 22.5. The van der Waals surface area contributed by atoms with Gasteiger partial charge in [0.25, 0.3) is 0 Å². The predicted octanol–water partition coefficient (Wildman–Crippen LogP) is 3.68. The lowest BCUT2D eigenvalue weighted by Gasteiger charge is -2.33. The molecule has 9 nitrogen and oxygen atoms in total. The molecule has 2 aromatic heterocycles. The zero-order valence-electron chi connectivity index (χ0n) is 21.7. The number of nitrogens with zero attached hydrogens (tertiary/aromatic N) is 4. The van der Waals surface area contributed by atoms with E-state index in [0.717, 1.165) is 41.0 Å². The van der Waals surface area contributed by atoms with Gasteiger partial charge in [-0.1, -0.05) is 29.8 Å². The maximum absolute atomic E-state index is 13.1. The van der Waals surface area contributed by atoms with Crippen LogP contribution in [0, 0.1) is 5.92 Å². The van der Waals surface area contributed by atoms with Crippen molar-refractivity contribution in [3.8, 4) is 22.8 Å². The Morgan fingerprint density at radius 2 is 1.92 bits per heavy atom. The van der Waals surface area contributed by atoms with E-state index in [1.54, 1.807) is 32.4 Å². The second-order valence-corrected chi connectivity index (χ2v) is 9.84. The Bertz CT molecular complexity index is 1440. The molecule has 1 unspecified atom stereocenters. The van der Waals surface area contributed by atoms with E-state index in [2.05, 4.69) is 15.7 Å². The summed E-state index contributed by atoms with van der Waals surface area (Å²) in [6, 6.07) is 14.9. The van der Waals surface area contributed by atoms with Gasteiger partial charge in [0, 0.05) is 66.4 Å². The van der Waals surface area contributed by atoms with E-state index in [4.69, 9.17) is 26.1 Å². The third-order valence-electron chi connectivity index (χ3n) is 6.78. The van der Waals surface area contributed by atoms with Crippen molar-refractivity contribution in [2.24, 2.45) is 5.92 Å². The van der Waals surface area contributed by atoms with Crippen LogP contribution in [0.4, 0.5) is 16.3 Å². The number of hydrogen-bond donors (Lipinski definition) is 2. The van der Waals surface area contributed by atoms with Gasteiger partial charge in [-0.05, 0) is 30.3 Å². The van der Waals surface area contributed by atoms with Crippen molar-refractivity contribution in [1.82, 2.24) is 19.5 Å². The average Bonchev–Trinajstić information content (AvgIpc) is 3.32. The number of halogens is 1. The molecule has 0 spiro atoms. The van der Waals surface area contributed by atoms with Gasteiger partial charge in [-0.2, -0.15) is 9.61 Å². The highest BCUT2D eigenvalue weighted by Crippen LogP contribution is 2.29. The van der Waals surface area contributed by atoms with Crippen LogP contribution in [0.1, 0.15) is 12.8 Å². The molecule has 0 saturated carbocycles. The number of carbonyl (C=O) groups is 1. The fourth-order valence-corrected chi connectivity index (χ4v) is 4.99. The number of fused-ring (bicyclic) bond motifs is 1. The lowest BCUT2D eigenvalue weighted by molar-refractivity contribution is 0.180. The van der Waals surface area contributed by atoms with Crippen molar-refractivity contribution in [2.45, 2.75) is 12.8 Å². The molecule has 1 saturated heterocycles. The first kappa shape index (κ1) is 25.7. The molecule has 0 radical (unpaired) electrons. The fourth-order valence-electron chi connectivity index (χ4n) is 4.75. The number of amides is 2. The molecule has 1 aliphatic heterocycles. The van der Waals surface area contributed by atoms with Crippen LogP contribution in [0.25, 0.3) is 16.9 Å². The third-order valence-corrected chi connectivity index (χ3v) is 7.11. The summed E-state index contributed by atoms with van der Waals surface area (Å²) in [6.45, 7) is 2.04. The minimum Gasteiger partial charge on any atom is -0.497 e. The molecule has 2 amide bonds. The number of likely N-dealkylation sites (tertiary alicyclic amines) is 1. The monoisotopic (exact) mass is 532 g/mol. The fraction of sp³-hybridized carbons (Fsp3) is 0.296. The van der Waals surface area contributed by atoms with Crippen LogP contribution in [0.3, 0.4) is 0 Å². The number of ether oxygens (including phenoxy) is 2. The molecule has 3 heterocycles. The van der Waals surface area contributed by atoms with Crippen LogP contribution in [0.5, 0.6) is 11.5 Å². The Balaban J connectivity index is 1.29. The van der Waals surface area contributed by atoms with Gasteiger partial charge in [-0.3, -0.25) is 0 Å². The van der Waals surface area contributed by atoms with Gasteiger partial charge in [0.15, 0.2) is 5.65 Å². The molecule has 0 bridgehead atoms. The van der Waals surface area contributed by atoms with Gasteiger partial charge in [-0.25, -0.2) is 9.78 Å². The number of anilines is 2. The second-order valence-electron chi connectivity index (χ2n) is 9.44. The molecule has 196 valence electrons. The van der Waals surface area contributed by atoms with Crippen molar-refractivity contribution in [3.63, 3.8) is 0 Å². The standard InChI is InChI=1S/C27H30BClN6O3/c1-37-19-10-18(11-20(12-19)38-2)32-27(36)34-9-5-6-17(16-34)14-30-25-13-24(21-7-3-4-8-23(21)29)33-26-22(28)15-31-35(25)26/h3-4,7-8,10-13,15,17,30H,5-6,9,14,16,28H2,1-2H3,(H,32,36). The van der Waals surface area contributed by atoms with Gasteiger partial charge in [-0.15, -0.1) is 0 Å². The molecule has 2 N–H and O–H groups in total. The second kappa shape index (κ2) is 11.2. The maximum atomic E-state index is 13.1. The number of methoxy groups -OCH3 is 2. The zero-order chi connectivity index (χ0) is 26.6. The SMILES string of the molecule is Bc1cnn2c(NCC3CCCN(C(=O)Nc4cc(OC)cc(OC)c4)C3)cc(-c3ccccc3Cl)nc12. The first-order chi connectivity index (χ1) is 18.4. The smallest absolute Gasteiger partial charge is 0.321 e. The summed E-state index contributed by atoms with van der Waals surface area (Å²) in [5.41, 5.74) is 4.05. The van der Waals surface area contributed by atoms with E-state index in [-0.39, 0.29) is 11.9 Å². The number of carbonyl (C=O) groups excluding carboxylic acids is 1. The molecule has 5 rings (SSSR count). The largest absolute Gasteiger partial charge is 0.497 e. The van der Waals surface area contributed by atoms with Gasteiger partial charge in [0.1, 0.15) is 25.2 Å². The molecular weight excluding hydrogens is 503 g/mol. The highest BCUT2D eigenvalue weighted by atomic mass is 35.5. The molecule has 0 aliphatic carbocycles. The first-order valence-electron chi connectivity index (χ1n) is 12.6. The third kappa shape index (κ3) is 5.50. The normalized spacial score (nSPS) is 15.3. The van der Waals surface area contributed by atoms with Crippen molar-refractivity contribution in [3.05, 3.63) is 59.8 Å². The van der Waals surface area contributed by atoms with Crippen LogP contribution in [0.2, 0.25) is 5.02 Å². The number of aromatic nitrogens is 3. The van der Waals surface area contributed by atoms with Crippen molar-refractivity contribution in [2.75, 3.05) is 44.5 Å². The maximum Gasteiger partial charge on any atom is 0.321 e. The minimum atomic E-state index is -0.139. The van der Waals surface area contributed by atoms with E-state index < -0.39 is 0 Å². The molecule has 1 atom stereocenters. The summed E-state index contributed by atoms with van der Waals surface area (Å²) in [6.07, 6.45) is 3.76. The van der Waals surface area contributed by atoms with Crippen LogP contribution in [-0.2, 0) is 0 Å². The van der Waals surface area contributed by atoms with E-state index in [1.807, 2.05) is 53.8 Å². The highest BCUT2D eigenvalue weighted by Gasteiger charge is 2.24. The molecular formula is C27H30BClN6O3. The van der Waals surface area contributed by atoms with E-state index in [1.165, 1.54) is 0 Å². The summed E-state index contributed by atoms with van der Waals surface area (Å²) in [7, 11) is 5.16. The molecule has 1 aliphatic rings. The van der Waals surface area contributed by atoms with Crippen LogP contribution >= 0.6 is 11.6 Å². The number of rotatable bonds is 7.